The van der Waals surface area contributed by atoms with Gasteiger partial charge in [0.1, 0.15) is 17.1 Å². The van der Waals surface area contributed by atoms with Crippen LogP contribution in [0.5, 0.6) is 0 Å². The molecule has 1 aromatic carbocycles. The van der Waals surface area contributed by atoms with Crippen LogP contribution in [0.1, 0.15) is 15.9 Å². The normalized spacial score (nSPS) is 14.0. The number of pyridine rings is 1. The number of anilines is 1. The Balaban J connectivity index is 1.36. The number of fused-ring (bicyclic) bond motifs is 1. The first kappa shape index (κ1) is 19.8. The van der Waals surface area contributed by atoms with Crippen LogP contribution < -0.4 is 4.90 Å². The summed E-state index contributed by atoms with van der Waals surface area (Å²) in [6, 6.07) is 9.73. The molecule has 4 aromatic rings. The van der Waals surface area contributed by atoms with Gasteiger partial charge in [-0.05, 0) is 24.3 Å². The summed E-state index contributed by atoms with van der Waals surface area (Å²) >= 11 is 0. The van der Waals surface area contributed by atoms with Crippen molar-refractivity contribution >= 4 is 22.7 Å². The molecule has 5 rings (SSSR count). The molecule has 1 aliphatic heterocycles. The minimum absolute atomic E-state index is 0.138. The smallest absolute Gasteiger partial charge is 0.257 e. The standard InChI is InChI=1S/C23H19FN6O2/c1-28-14-16(13-27-28)21-11-20-22(32-21)19(2-3-26-20)23(31)30-6-4-29(5-7-30)18-9-15(12-25)8-17(24)10-18/h2-3,8-11,13-14H,4-7H2,1H3. The number of aryl methyl sites for hydroxylation is 1. The number of carbonyl (C=O) groups excluding carboxylic acids is 1. The Morgan fingerprint density at radius 3 is 2.72 bits per heavy atom. The predicted octanol–water partition coefficient (Wildman–Crippen LogP) is 3.20. The molecule has 0 atom stereocenters. The van der Waals surface area contributed by atoms with Crippen LogP contribution in [-0.4, -0.2) is 51.8 Å². The number of nitrogens with zero attached hydrogens (tertiary/aromatic N) is 6. The molecule has 160 valence electrons. The van der Waals surface area contributed by atoms with Crippen molar-refractivity contribution in [2.24, 2.45) is 7.05 Å². The molecule has 9 heteroatoms. The third kappa shape index (κ3) is 3.56. The fraction of sp³-hybridized carbons (Fsp3) is 0.217. The molecule has 0 bridgehead atoms. The van der Waals surface area contributed by atoms with Gasteiger partial charge >= 0.3 is 0 Å². The molecule has 1 aliphatic rings. The van der Waals surface area contributed by atoms with Gasteiger partial charge in [-0.25, -0.2) is 4.39 Å². The second kappa shape index (κ2) is 7.81. The van der Waals surface area contributed by atoms with Crippen molar-refractivity contribution in [1.29, 1.82) is 5.26 Å². The summed E-state index contributed by atoms with van der Waals surface area (Å²) in [5.41, 5.74) is 3.24. The highest BCUT2D eigenvalue weighted by atomic mass is 19.1. The first-order valence-corrected chi connectivity index (χ1v) is 10.1. The number of amides is 1. The molecule has 32 heavy (non-hydrogen) atoms. The van der Waals surface area contributed by atoms with E-state index in [4.69, 9.17) is 9.68 Å². The van der Waals surface area contributed by atoms with Crippen LogP contribution in [0.2, 0.25) is 0 Å². The molecule has 3 aromatic heterocycles. The summed E-state index contributed by atoms with van der Waals surface area (Å²) in [7, 11) is 1.82. The van der Waals surface area contributed by atoms with Gasteiger partial charge in [0.15, 0.2) is 5.58 Å². The van der Waals surface area contributed by atoms with E-state index in [2.05, 4.69) is 10.1 Å². The molecule has 1 saturated heterocycles. The van der Waals surface area contributed by atoms with Crippen molar-refractivity contribution in [1.82, 2.24) is 19.7 Å². The Morgan fingerprint density at radius 1 is 1.19 bits per heavy atom. The van der Waals surface area contributed by atoms with Crippen molar-refractivity contribution in [2.45, 2.75) is 0 Å². The van der Waals surface area contributed by atoms with Crippen LogP contribution in [-0.2, 0) is 7.05 Å². The highest BCUT2D eigenvalue weighted by molar-refractivity contribution is 6.04. The zero-order valence-corrected chi connectivity index (χ0v) is 17.3. The molecule has 1 fully saturated rings. The molecule has 0 aliphatic carbocycles. The van der Waals surface area contributed by atoms with E-state index in [1.165, 1.54) is 12.1 Å². The zero-order valence-electron chi connectivity index (χ0n) is 17.3. The molecular formula is C23H19FN6O2. The van der Waals surface area contributed by atoms with E-state index >= 15 is 0 Å². The van der Waals surface area contributed by atoms with Crippen LogP contribution in [0.3, 0.4) is 0 Å². The van der Waals surface area contributed by atoms with Gasteiger partial charge < -0.3 is 14.2 Å². The largest absolute Gasteiger partial charge is 0.453 e. The number of halogens is 1. The van der Waals surface area contributed by atoms with E-state index in [9.17, 15) is 9.18 Å². The van der Waals surface area contributed by atoms with Crippen LogP contribution >= 0.6 is 0 Å². The number of hydrogen-bond acceptors (Lipinski definition) is 6. The van der Waals surface area contributed by atoms with Gasteiger partial charge in [0.05, 0.1) is 29.0 Å². The van der Waals surface area contributed by atoms with Gasteiger partial charge in [-0.15, -0.1) is 0 Å². The molecule has 0 spiro atoms. The summed E-state index contributed by atoms with van der Waals surface area (Å²) in [6.07, 6.45) is 5.13. The summed E-state index contributed by atoms with van der Waals surface area (Å²) in [4.78, 5) is 21.3. The lowest BCUT2D eigenvalue weighted by atomic mass is 10.1. The maximum Gasteiger partial charge on any atom is 0.257 e. The average Bonchev–Trinajstić information content (AvgIpc) is 3.44. The molecule has 4 heterocycles. The highest BCUT2D eigenvalue weighted by Gasteiger charge is 2.26. The van der Waals surface area contributed by atoms with E-state index in [0.29, 0.717) is 54.3 Å². The summed E-state index contributed by atoms with van der Waals surface area (Å²) in [6.45, 7) is 2.01. The van der Waals surface area contributed by atoms with Gasteiger partial charge in [-0.2, -0.15) is 10.4 Å². The Hall–Kier alpha value is -4.19. The van der Waals surface area contributed by atoms with Crippen LogP contribution in [0, 0.1) is 17.1 Å². The SMILES string of the molecule is Cn1cc(-c2cc3nccc(C(=O)N4CCN(c5cc(F)cc(C#N)c5)CC4)c3o2)cn1. The molecular weight excluding hydrogens is 411 g/mol. The first-order chi connectivity index (χ1) is 15.5. The Labute approximate surface area is 183 Å². The Morgan fingerprint density at radius 2 is 2.00 bits per heavy atom. The topological polar surface area (TPSA) is 91.2 Å². The number of piperazine rings is 1. The minimum Gasteiger partial charge on any atom is -0.453 e. The highest BCUT2D eigenvalue weighted by Crippen LogP contribution is 2.29. The number of nitriles is 1. The molecule has 0 N–H and O–H groups in total. The van der Waals surface area contributed by atoms with Crippen LogP contribution in [0.4, 0.5) is 10.1 Å². The van der Waals surface area contributed by atoms with E-state index in [1.807, 2.05) is 24.2 Å². The summed E-state index contributed by atoms with van der Waals surface area (Å²) in [5, 5.41) is 13.2. The van der Waals surface area contributed by atoms with Crippen molar-refractivity contribution in [3.05, 3.63) is 65.9 Å². The minimum atomic E-state index is -0.445. The maximum atomic E-state index is 13.8. The van der Waals surface area contributed by atoms with E-state index in [-0.39, 0.29) is 11.5 Å². The second-order valence-electron chi connectivity index (χ2n) is 7.68. The fourth-order valence-electron chi connectivity index (χ4n) is 3.96. The summed E-state index contributed by atoms with van der Waals surface area (Å²) in [5.74, 6) is 0.0186. The average molecular weight is 430 g/mol. The van der Waals surface area contributed by atoms with Crippen LogP contribution in [0.15, 0.2) is 53.3 Å². The fourth-order valence-corrected chi connectivity index (χ4v) is 3.96. The molecule has 1 amide bonds. The summed E-state index contributed by atoms with van der Waals surface area (Å²) < 4.78 is 21.5. The number of carbonyl (C=O) groups is 1. The molecule has 0 radical (unpaired) electrons. The lowest BCUT2D eigenvalue weighted by molar-refractivity contribution is 0.0747. The number of benzene rings is 1. The van der Waals surface area contributed by atoms with E-state index in [0.717, 1.165) is 5.56 Å². The van der Waals surface area contributed by atoms with Gasteiger partial charge in [-0.3, -0.25) is 14.5 Å². The van der Waals surface area contributed by atoms with Gasteiger partial charge in [-0.1, -0.05) is 0 Å². The third-order valence-electron chi connectivity index (χ3n) is 5.58. The number of rotatable bonds is 3. The van der Waals surface area contributed by atoms with Gasteiger partial charge in [0.2, 0.25) is 0 Å². The van der Waals surface area contributed by atoms with Crippen molar-refractivity contribution in [3.63, 3.8) is 0 Å². The first-order valence-electron chi connectivity index (χ1n) is 10.1. The maximum absolute atomic E-state index is 13.8. The molecule has 0 saturated carbocycles. The zero-order chi connectivity index (χ0) is 22.2. The molecule has 8 nitrogen and oxygen atoms in total. The number of furan rings is 1. The van der Waals surface area contributed by atoms with Gasteiger partial charge in [0, 0.05) is 57.4 Å². The van der Waals surface area contributed by atoms with Crippen LogP contribution in [0.25, 0.3) is 22.4 Å². The van der Waals surface area contributed by atoms with Crippen molar-refractivity contribution in [2.75, 3.05) is 31.1 Å². The Bertz CT molecular complexity index is 1360. The third-order valence-corrected chi connectivity index (χ3v) is 5.58. The van der Waals surface area contributed by atoms with Crippen molar-refractivity contribution < 1.29 is 13.6 Å². The second-order valence-corrected chi connectivity index (χ2v) is 7.68. The number of aromatic nitrogens is 3. The quantitative estimate of drug-likeness (QED) is 0.496. The van der Waals surface area contributed by atoms with E-state index < -0.39 is 5.82 Å². The predicted molar refractivity (Wildman–Crippen MR) is 115 cm³/mol. The molecule has 0 unspecified atom stereocenters. The lowest BCUT2D eigenvalue weighted by Gasteiger charge is -2.36. The Kier molecular flexibility index (Phi) is 4.82. The number of hydrogen-bond donors (Lipinski definition) is 0. The van der Waals surface area contributed by atoms with E-state index in [1.54, 1.807) is 40.2 Å². The van der Waals surface area contributed by atoms with Crippen molar-refractivity contribution in [3.8, 4) is 17.4 Å². The van der Waals surface area contributed by atoms with Gasteiger partial charge in [0.25, 0.3) is 5.91 Å². The lowest BCUT2D eigenvalue weighted by Crippen LogP contribution is -2.48. The monoisotopic (exact) mass is 430 g/mol.